The highest BCUT2D eigenvalue weighted by atomic mass is 16.5. The van der Waals surface area contributed by atoms with Crippen molar-refractivity contribution in [1.29, 1.82) is 0 Å². The maximum absolute atomic E-state index is 13.6. The minimum absolute atomic E-state index is 0.214. The van der Waals surface area contributed by atoms with E-state index in [1.807, 2.05) is 12.4 Å². The van der Waals surface area contributed by atoms with Crippen molar-refractivity contribution in [1.82, 2.24) is 19.8 Å². The Bertz CT molecular complexity index is 703. The molecule has 2 atom stereocenters. The molecule has 1 aromatic heterocycles. The molecule has 1 N–H and O–H groups in total. The van der Waals surface area contributed by atoms with Crippen molar-refractivity contribution in [3.05, 3.63) is 18.2 Å². The normalized spacial score (nSPS) is 30.4. The van der Waals surface area contributed by atoms with Gasteiger partial charge in [0.1, 0.15) is 5.82 Å². The number of aromatic nitrogens is 2. The van der Waals surface area contributed by atoms with Gasteiger partial charge >= 0.3 is 0 Å². The summed E-state index contributed by atoms with van der Waals surface area (Å²) in [6, 6.07) is 0.409. The molecule has 6 nitrogen and oxygen atoms in total. The number of amides is 1. The first-order valence-corrected chi connectivity index (χ1v) is 10.8. The lowest BCUT2D eigenvalue weighted by molar-refractivity contribution is -0.136. The Balaban J connectivity index is 1.36. The van der Waals surface area contributed by atoms with Gasteiger partial charge in [-0.25, -0.2) is 4.98 Å². The third-order valence-corrected chi connectivity index (χ3v) is 7.84. The molecule has 27 heavy (non-hydrogen) atoms. The molecule has 1 amide bonds. The number of carbonyl (C=O) groups excluding carboxylic acids is 1. The van der Waals surface area contributed by atoms with Crippen molar-refractivity contribution in [3.63, 3.8) is 0 Å². The molecule has 4 aliphatic rings. The summed E-state index contributed by atoms with van der Waals surface area (Å²) >= 11 is 0. The quantitative estimate of drug-likeness (QED) is 0.861. The number of hydrogen-bond acceptors (Lipinski definition) is 4. The van der Waals surface area contributed by atoms with Crippen molar-refractivity contribution < 1.29 is 9.53 Å². The fourth-order valence-electron chi connectivity index (χ4n) is 5.73. The summed E-state index contributed by atoms with van der Waals surface area (Å²) < 4.78 is 7.73. The van der Waals surface area contributed by atoms with Crippen LogP contribution in [-0.4, -0.2) is 52.7 Å². The van der Waals surface area contributed by atoms with Crippen molar-refractivity contribution in [2.24, 2.45) is 16.7 Å². The van der Waals surface area contributed by atoms with Gasteiger partial charge in [-0.1, -0.05) is 0 Å². The van der Waals surface area contributed by atoms with E-state index < -0.39 is 0 Å². The number of nitrogens with zero attached hydrogens (tertiary/aromatic N) is 3. The fraction of sp³-hybridized carbons (Fsp3) is 0.810. The van der Waals surface area contributed by atoms with E-state index in [1.54, 1.807) is 0 Å². The van der Waals surface area contributed by atoms with Gasteiger partial charge in [-0.3, -0.25) is 4.79 Å². The van der Waals surface area contributed by atoms with Crippen molar-refractivity contribution in [3.8, 4) is 0 Å². The topological polar surface area (TPSA) is 59.4 Å². The molecule has 2 saturated carbocycles. The zero-order chi connectivity index (χ0) is 18.5. The molecule has 1 aromatic rings. The Hall–Kier alpha value is -1.40. The van der Waals surface area contributed by atoms with Crippen LogP contribution < -0.4 is 5.32 Å². The summed E-state index contributed by atoms with van der Waals surface area (Å²) in [7, 11) is 0. The van der Waals surface area contributed by atoms with Gasteiger partial charge < -0.3 is 19.5 Å². The summed E-state index contributed by atoms with van der Waals surface area (Å²) in [5, 5.41) is 3.48. The van der Waals surface area contributed by atoms with Gasteiger partial charge in [0.15, 0.2) is 0 Å². The number of ether oxygens (including phenoxy) is 1. The minimum Gasteiger partial charge on any atom is -0.381 e. The molecular formula is C21H32N4O2. The predicted octanol–water partition coefficient (Wildman–Crippen LogP) is 2.19. The van der Waals surface area contributed by atoms with E-state index >= 15 is 0 Å². The molecule has 2 saturated heterocycles. The number of rotatable bonds is 5. The van der Waals surface area contributed by atoms with Crippen LogP contribution in [0.5, 0.6) is 0 Å². The summed E-state index contributed by atoms with van der Waals surface area (Å²) in [5.74, 6) is 1.64. The zero-order valence-corrected chi connectivity index (χ0v) is 16.5. The molecule has 2 spiro atoms. The molecule has 0 unspecified atom stereocenters. The Morgan fingerprint density at radius 2 is 2.04 bits per heavy atom. The van der Waals surface area contributed by atoms with E-state index in [0.29, 0.717) is 23.9 Å². The van der Waals surface area contributed by atoms with Crippen LogP contribution in [0, 0.1) is 16.7 Å². The second-order valence-electron chi connectivity index (χ2n) is 9.16. The fourth-order valence-corrected chi connectivity index (χ4v) is 5.73. The van der Waals surface area contributed by atoms with Crippen LogP contribution in [0.3, 0.4) is 0 Å². The first kappa shape index (κ1) is 17.7. The number of hydrogen-bond donors (Lipinski definition) is 1. The molecule has 148 valence electrons. The van der Waals surface area contributed by atoms with E-state index in [-0.39, 0.29) is 11.3 Å². The molecule has 5 rings (SSSR count). The first-order valence-electron chi connectivity index (χ1n) is 10.8. The highest BCUT2D eigenvalue weighted by molar-refractivity contribution is 5.83. The van der Waals surface area contributed by atoms with Crippen LogP contribution in [0.15, 0.2) is 12.4 Å². The number of carbonyl (C=O) groups is 1. The summed E-state index contributed by atoms with van der Waals surface area (Å²) in [6.07, 6.45) is 10.7. The third kappa shape index (κ3) is 3.01. The lowest BCUT2D eigenvalue weighted by Gasteiger charge is -2.31. The third-order valence-electron chi connectivity index (χ3n) is 7.84. The van der Waals surface area contributed by atoms with Gasteiger partial charge in [-0.2, -0.15) is 0 Å². The number of nitrogens with one attached hydrogen (secondary N) is 1. The summed E-state index contributed by atoms with van der Waals surface area (Å²) in [5.41, 5.74) is 0.603. The molecule has 6 heteroatoms. The number of piperidine rings is 1. The second-order valence-corrected chi connectivity index (χ2v) is 9.16. The molecule has 0 radical (unpaired) electrons. The molecule has 2 aliphatic heterocycles. The molecular weight excluding hydrogens is 340 g/mol. The average Bonchev–Trinajstić information content (AvgIpc) is 3.51. The second kappa shape index (κ2) is 6.59. The highest BCUT2D eigenvalue weighted by Gasteiger charge is 2.63. The molecule has 2 aliphatic carbocycles. The van der Waals surface area contributed by atoms with Crippen LogP contribution in [-0.2, 0) is 22.6 Å². The molecule has 0 bridgehead atoms. The van der Waals surface area contributed by atoms with Gasteiger partial charge in [0.2, 0.25) is 5.91 Å². The largest absolute Gasteiger partial charge is 0.381 e. The van der Waals surface area contributed by atoms with Crippen molar-refractivity contribution >= 4 is 5.91 Å². The van der Waals surface area contributed by atoms with Crippen LogP contribution >= 0.6 is 0 Å². The van der Waals surface area contributed by atoms with Crippen LogP contribution in [0.1, 0.15) is 51.3 Å². The standard InChI is InChI=1S/C21H32N4O2/c1-2-24-10-9-23-18(24)15-25(17-14-21(17)3-7-22-8-4-21)19(26)16-13-20(16)5-11-27-12-6-20/h9-10,16-17,22H,2-8,11-15H2,1H3/t16-,17+/m0/s1. The van der Waals surface area contributed by atoms with E-state index in [0.717, 1.165) is 57.9 Å². The van der Waals surface area contributed by atoms with E-state index in [4.69, 9.17) is 4.74 Å². The van der Waals surface area contributed by atoms with Gasteiger partial charge in [-0.05, 0) is 69.4 Å². The van der Waals surface area contributed by atoms with Gasteiger partial charge in [0.05, 0.1) is 6.54 Å². The van der Waals surface area contributed by atoms with Gasteiger partial charge in [0, 0.05) is 44.1 Å². The smallest absolute Gasteiger partial charge is 0.226 e. The lowest BCUT2D eigenvalue weighted by atomic mass is 9.92. The van der Waals surface area contributed by atoms with E-state index in [9.17, 15) is 4.79 Å². The number of aryl methyl sites for hydroxylation is 1. The Labute approximate surface area is 161 Å². The van der Waals surface area contributed by atoms with E-state index in [2.05, 4.69) is 26.7 Å². The maximum atomic E-state index is 13.6. The zero-order valence-electron chi connectivity index (χ0n) is 16.5. The Morgan fingerprint density at radius 1 is 1.26 bits per heavy atom. The maximum Gasteiger partial charge on any atom is 0.226 e. The molecule has 0 aromatic carbocycles. The van der Waals surface area contributed by atoms with Crippen LogP contribution in [0.2, 0.25) is 0 Å². The summed E-state index contributed by atoms with van der Waals surface area (Å²) in [6.45, 7) is 7.54. The summed E-state index contributed by atoms with van der Waals surface area (Å²) in [4.78, 5) is 20.4. The molecule has 3 heterocycles. The lowest BCUT2D eigenvalue weighted by Crippen LogP contribution is -2.41. The Morgan fingerprint density at radius 3 is 2.78 bits per heavy atom. The first-order chi connectivity index (χ1) is 13.2. The highest BCUT2D eigenvalue weighted by Crippen LogP contribution is 2.62. The minimum atomic E-state index is 0.214. The predicted molar refractivity (Wildman–Crippen MR) is 102 cm³/mol. The van der Waals surface area contributed by atoms with Crippen LogP contribution in [0.25, 0.3) is 0 Å². The van der Waals surface area contributed by atoms with Gasteiger partial charge in [0.25, 0.3) is 0 Å². The van der Waals surface area contributed by atoms with Gasteiger partial charge in [-0.15, -0.1) is 0 Å². The van der Waals surface area contributed by atoms with Crippen molar-refractivity contribution in [2.45, 2.75) is 64.6 Å². The monoisotopic (exact) mass is 372 g/mol. The number of imidazole rings is 1. The average molecular weight is 373 g/mol. The Kier molecular flexibility index (Phi) is 4.32. The molecule has 4 fully saturated rings. The van der Waals surface area contributed by atoms with E-state index in [1.165, 1.54) is 19.3 Å². The SMILES string of the molecule is CCn1ccnc1CN(C(=O)[C@@H]1CC12CCOCC2)[C@@H]1CC12CCNCC2. The van der Waals surface area contributed by atoms with Crippen molar-refractivity contribution in [2.75, 3.05) is 26.3 Å². The van der Waals surface area contributed by atoms with Crippen LogP contribution in [0.4, 0.5) is 0 Å².